The Hall–Kier alpha value is -2.08. The second kappa shape index (κ2) is 9.74. The first kappa shape index (κ1) is 21.2. The highest BCUT2D eigenvalue weighted by Crippen LogP contribution is 2.20. The van der Waals surface area contributed by atoms with E-state index in [4.69, 9.17) is 0 Å². The monoisotopic (exact) mass is 374 g/mol. The Balaban J connectivity index is 1.88. The zero-order valence-corrected chi connectivity index (χ0v) is 17.4. The zero-order chi connectivity index (χ0) is 20.0. The van der Waals surface area contributed by atoms with E-state index < -0.39 is 0 Å². The fraction of sp³-hybridized carbons (Fsp3) is 0.619. The molecule has 2 rings (SSSR count). The molecule has 1 heterocycles. The van der Waals surface area contributed by atoms with E-state index in [1.165, 1.54) is 0 Å². The molecular formula is C21H34N4O2. The summed E-state index contributed by atoms with van der Waals surface area (Å²) in [7, 11) is 4.01. The molecule has 1 saturated heterocycles. The summed E-state index contributed by atoms with van der Waals surface area (Å²) in [6.45, 7) is 10.1. The third kappa shape index (κ3) is 5.45. The maximum Gasteiger partial charge on any atom is 0.317 e. The van der Waals surface area contributed by atoms with Crippen molar-refractivity contribution in [2.75, 3.05) is 40.3 Å². The Labute approximate surface area is 163 Å². The van der Waals surface area contributed by atoms with Crippen molar-refractivity contribution in [2.45, 2.75) is 39.8 Å². The number of nitrogens with one attached hydrogen (secondary N) is 1. The van der Waals surface area contributed by atoms with Crippen molar-refractivity contribution in [1.82, 2.24) is 20.0 Å². The fourth-order valence-corrected chi connectivity index (χ4v) is 3.83. The van der Waals surface area contributed by atoms with Crippen LogP contribution >= 0.6 is 0 Å². The van der Waals surface area contributed by atoms with Gasteiger partial charge in [-0.05, 0) is 57.5 Å². The van der Waals surface area contributed by atoms with Gasteiger partial charge in [0.1, 0.15) is 0 Å². The smallest absolute Gasteiger partial charge is 0.317 e. The summed E-state index contributed by atoms with van der Waals surface area (Å²) < 4.78 is 0. The molecule has 1 N–H and O–H groups in total. The highest BCUT2D eigenvalue weighted by Gasteiger charge is 2.29. The van der Waals surface area contributed by atoms with E-state index in [9.17, 15) is 9.59 Å². The summed E-state index contributed by atoms with van der Waals surface area (Å²) in [5, 5.41) is 3.00. The Bertz CT molecular complexity index is 628. The number of urea groups is 1. The van der Waals surface area contributed by atoms with Gasteiger partial charge in [0.2, 0.25) is 0 Å². The van der Waals surface area contributed by atoms with Crippen LogP contribution < -0.4 is 5.32 Å². The highest BCUT2D eigenvalue weighted by molar-refractivity contribution is 5.94. The molecule has 2 atom stereocenters. The van der Waals surface area contributed by atoms with Crippen LogP contribution in [-0.2, 0) is 6.54 Å². The number of piperidine rings is 1. The predicted octanol–water partition coefficient (Wildman–Crippen LogP) is 2.65. The van der Waals surface area contributed by atoms with Crippen molar-refractivity contribution in [1.29, 1.82) is 0 Å². The summed E-state index contributed by atoms with van der Waals surface area (Å²) in [4.78, 5) is 30.8. The number of amides is 3. The molecule has 0 radical (unpaired) electrons. The zero-order valence-electron chi connectivity index (χ0n) is 17.4. The van der Waals surface area contributed by atoms with E-state index in [0.717, 1.165) is 25.1 Å². The van der Waals surface area contributed by atoms with Gasteiger partial charge >= 0.3 is 6.03 Å². The molecule has 6 nitrogen and oxygen atoms in total. The summed E-state index contributed by atoms with van der Waals surface area (Å²) in [6, 6.07) is 7.73. The van der Waals surface area contributed by atoms with Crippen LogP contribution in [0.1, 0.15) is 43.1 Å². The SMILES string of the molecule is CCN(CC)C(=O)c1ccc(CNC(=O)N(C)C2CCN(C)CC2C)cc1. The first-order valence-corrected chi connectivity index (χ1v) is 9.94. The van der Waals surface area contributed by atoms with Crippen LogP contribution in [0.15, 0.2) is 24.3 Å². The second-order valence-electron chi connectivity index (χ2n) is 7.54. The van der Waals surface area contributed by atoms with Gasteiger partial charge in [0.25, 0.3) is 5.91 Å². The summed E-state index contributed by atoms with van der Waals surface area (Å²) in [5.41, 5.74) is 1.68. The van der Waals surface area contributed by atoms with Crippen LogP contribution in [0.3, 0.4) is 0 Å². The average Bonchev–Trinajstić information content (AvgIpc) is 2.67. The standard InChI is InChI=1S/C21H34N4O2/c1-6-25(7-2)20(26)18-10-8-17(9-11-18)14-22-21(27)24(5)19-12-13-23(4)15-16(19)3/h8-11,16,19H,6-7,12-15H2,1-5H3,(H,22,27). The lowest BCUT2D eigenvalue weighted by molar-refractivity contribution is 0.0773. The highest BCUT2D eigenvalue weighted by atomic mass is 16.2. The lowest BCUT2D eigenvalue weighted by Gasteiger charge is -2.39. The molecule has 2 unspecified atom stereocenters. The number of carbonyl (C=O) groups is 2. The number of hydrogen-bond donors (Lipinski definition) is 1. The first-order chi connectivity index (χ1) is 12.9. The molecule has 0 aromatic heterocycles. The van der Waals surface area contributed by atoms with Gasteiger partial charge in [-0.2, -0.15) is 0 Å². The quantitative estimate of drug-likeness (QED) is 0.833. The van der Waals surface area contributed by atoms with Crippen LogP contribution in [0.2, 0.25) is 0 Å². The molecule has 0 aliphatic carbocycles. The fourth-order valence-electron chi connectivity index (χ4n) is 3.83. The number of likely N-dealkylation sites (tertiary alicyclic amines) is 1. The maximum absolute atomic E-state index is 12.5. The largest absolute Gasteiger partial charge is 0.339 e. The number of hydrogen-bond acceptors (Lipinski definition) is 3. The van der Waals surface area contributed by atoms with Crippen molar-refractivity contribution in [3.63, 3.8) is 0 Å². The van der Waals surface area contributed by atoms with Gasteiger partial charge in [0, 0.05) is 44.8 Å². The molecule has 0 spiro atoms. The van der Waals surface area contributed by atoms with Gasteiger partial charge in [0.05, 0.1) is 0 Å². The predicted molar refractivity (Wildman–Crippen MR) is 109 cm³/mol. The first-order valence-electron chi connectivity index (χ1n) is 9.94. The van der Waals surface area contributed by atoms with Crippen LogP contribution in [0.4, 0.5) is 4.79 Å². The van der Waals surface area contributed by atoms with Gasteiger partial charge in [-0.15, -0.1) is 0 Å². The van der Waals surface area contributed by atoms with Crippen LogP contribution in [-0.4, -0.2) is 73.0 Å². The van der Waals surface area contributed by atoms with Crippen LogP contribution in [0.5, 0.6) is 0 Å². The molecule has 1 aliphatic rings. The topological polar surface area (TPSA) is 55.9 Å². The third-order valence-electron chi connectivity index (χ3n) is 5.58. The maximum atomic E-state index is 12.5. The average molecular weight is 375 g/mol. The van der Waals surface area contributed by atoms with E-state index in [0.29, 0.717) is 31.1 Å². The van der Waals surface area contributed by atoms with E-state index >= 15 is 0 Å². The van der Waals surface area contributed by atoms with Crippen molar-refractivity contribution < 1.29 is 9.59 Å². The van der Waals surface area contributed by atoms with Gasteiger partial charge in [-0.1, -0.05) is 19.1 Å². The number of rotatable bonds is 6. The lowest BCUT2D eigenvalue weighted by Crippen LogP contribution is -2.52. The van der Waals surface area contributed by atoms with Crippen molar-refractivity contribution in [2.24, 2.45) is 5.92 Å². The van der Waals surface area contributed by atoms with E-state index in [2.05, 4.69) is 24.2 Å². The molecule has 1 aromatic rings. The van der Waals surface area contributed by atoms with Crippen LogP contribution in [0.25, 0.3) is 0 Å². The summed E-state index contributed by atoms with van der Waals surface area (Å²) in [5.74, 6) is 0.511. The lowest BCUT2D eigenvalue weighted by atomic mass is 9.93. The molecule has 3 amide bonds. The van der Waals surface area contributed by atoms with Crippen molar-refractivity contribution in [3.8, 4) is 0 Å². The minimum atomic E-state index is -0.0419. The molecule has 150 valence electrons. The van der Waals surface area contributed by atoms with Crippen LogP contribution in [0, 0.1) is 5.92 Å². The van der Waals surface area contributed by atoms with Crippen molar-refractivity contribution >= 4 is 11.9 Å². The number of benzene rings is 1. The Kier molecular flexibility index (Phi) is 7.66. The minimum absolute atomic E-state index is 0.0419. The van der Waals surface area contributed by atoms with Gasteiger partial charge in [0.15, 0.2) is 0 Å². The molecular weight excluding hydrogens is 340 g/mol. The molecule has 6 heteroatoms. The van der Waals surface area contributed by atoms with Gasteiger partial charge in [-0.25, -0.2) is 4.79 Å². The number of nitrogens with zero attached hydrogens (tertiary/aromatic N) is 3. The molecule has 0 saturated carbocycles. The summed E-state index contributed by atoms with van der Waals surface area (Å²) >= 11 is 0. The molecule has 27 heavy (non-hydrogen) atoms. The Morgan fingerprint density at radius 1 is 1.19 bits per heavy atom. The molecule has 0 bridgehead atoms. The Morgan fingerprint density at radius 2 is 1.81 bits per heavy atom. The third-order valence-corrected chi connectivity index (χ3v) is 5.58. The Morgan fingerprint density at radius 3 is 2.37 bits per heavy atom. The molecule has 1 fully saturated rings. The molecule has 1 aromatic carbocycles. The molecule has 1 aliphatic heterocycles. The second-order valence-corrected chi connectivity index (χ2v) is 7.54. The van der Waals surface area contributed by atoms with E-state index in [-0.39, 0.29) is 18.0 Å². The summed E-state index contributed by atoms with van der Waals surface area (Å²) in [6.07, 6.45) is 1.00. The van der Waals surface area contributed by atoms with E-state index in [1.807, 2.05) is 50.1 Å². The van der Waals surface area contributed by atoms with Crippen molar-refractivity contribution in [3.05, 3.63) is 35.4 Å². The van der Waals surface area contributed by atoms with E-state index in [1.54, 1.807) is 4.90 Å². The minimum Gasteiger partial charge on any atom is -0.339 e. The normalized spacial score (nSPS) is 20.2. The van der Waals surface area contributed by atoms with Gasteiger partial charge < -0.3 is 20.0 Å². The van der Waals surface area contributed by atoms with Gasteiger partial charge in [-0.3, -0.25) is 4.79 Å². The number of carbonyl (C=O) groups excluding carboxylic acids is 2.